The highest BCUT2D eigenvalue weighted by Gasteiger charge is 2.15. The molecule has 0 atom stereocenters. The van der Waals surface area contributed by atoms with Crippen molar-refractivity contribution < 1.29 is 12.9 Å². The topological polar surface area (TPSA) is 117 Å². The summed E-state index contributed by atoms with van der Waals surface area (Å²) in [5, 5.41) is 9.89. The maximum absolute atomic E-state index is 11.5. The first-order chi connectivity index (χ1) is 11.9. The molecule has 3 rings (SSSR count). The van der Waals surface area contributed by atoms with Crippen molar-refractivity contribution in [3.8, 4) is 0 Å². The summed E-state index contributed by atoms with van der Waals surface area (Å²) in [6.45, 7) is 4.77. The van der Waals surface area contributed by atoms with Gasteiger partial charge in [0.1, 0.15) is 0 Å². The van der Waals surface area contributed by atoms with Crippen molar-refractivity contribution >= 4 is 32.8 Å². The second-order valence-corrected chi connectivity index (χ2v) is 7.98. The summed E-state index contributed by atoms with van der Waals surface area (Å²) in [6.07, 6.45) is 1.75. The molecule has 0 aliphatic rings. The number of nitrogens with two attached hydrogens (primary N) is 1. The van der Waals surface area contributed by atoms with Crippen LogP contribution in [0.2, 0.25) is 0 Å². The zero-order chi connectivity index (χ0) is 18.0. The maximum Gasteiger partial charge on any atom is 0.238 e. The van der Waals surface area contributed by atoms with E-state index in [2.05, 4.69) is 22.0 Å². The van der Waals surface area contributed by atoms with Gasteiger partial charge in [-0.3, -0.25) is 0 Å². The summed E-state index contributed by atoms with van der Waals surface area (Å²) in [7, 11) is -3.75. The molecule has 0 saturated carbocycles. The minimum Gasteiger partial charge on any atom is -0.338 e. The Hall–Kier alpha value is -1.91. The molecule has 1 aromatic carbocycles. The highest BCUT2D eigenvalue weighted by Crippen LogP contribution is 2.27. The van der Waals surface area contributed by atoms with Gasteiger partial charge in [-0.15, -0.1) is 0 Å². The summed E-state index contributed by atoms with van der Waals surface area (Å²) >= 11 is 1.47. The summed E-state index contributed by atoms with van der Waals surface area (Å²) in [6, 6.07) is 4.71. The fourth-order valence-corrected chi connectivity index (χ4v) is 3.93. The first kappa shape index (κ1) is 17.9. The van der Waals surface area contributed by atoms with Crippen LogP contribution in [0.4, 0.5) is 0 Å². The lowest BCUT2D eigenvalue weighted by Gasteiger charge is -2.04. The van der Waals surface area contributed by atoms with Gasteiger partial charge in [0, 0.05) is 13.0 Å². The third-order valence-corrected chi connectivity index (χ3v) is 5.51. The Kier molecular flexibility index (Phi) is 5.11. The van der Waals surface area contributed by atoms with Crippen LogP contribution in [0.5, 0.6) is 0 Å². The number of thioether (sulfide) groups is 1. The Balaban J connectivity index is 1.87. The molecule has 0 radical (unpaired) electrons. The number of primary sulfonamides is 1. The first-order valence-corrected chi connectivity index (χ1v) is 10.4. The lowest BCUT2D eigenvalue weighted by Crippen LogP contribution is -2.11. The van der Waals surface area contributed by atoms with Crippen LogP contribution in [0.1, 0.15) is 32.0 Å². The third kappa shape index (κ3) is 3.86. The van der Waals surface area contributed by atoms with Crippen LogP contribution in [0.15, 0.2) is 32.8 Å². The molecular weight excluding hydrogens is 362 g/mol. The number of imidazole rings is 1. The first-order valence-electron chi connectivity index (χ1n) is 7.89. The number of sulfonamides is 1. The van der Waals surface area contributed by atoms with Crippen molar-refractivity contribution in [2.45, 2.75) is 49.0 Å². The lowest BCUT2D eigenvalue weighted by atomic mass is 10.3. The fourth-order valence-electron chi connectivity index (χ4n) is 2.48. The molecule has 25 heavy (non-hydrogen) atoms. The molecule has 0 amide bonds. The highest BCUT2D eigenvalue weighted by molar-refractivity contribution is 7.98. The average molecular weight is 381 g/mol. The second-order valence-electron chi connectivity index (χ2n) is 5.48. The smallest absolute Gasteiger partial charge is 0.238 e. The molecular formula is C15H19N5O3S2. The Morgan fingerprint density at radius 3 is 2.76 bits per heavy atom. The number of hydrogen-bond donors (Lipinski definition) is 1. The Morgan fingerprint density at radius 1 is 1.28 bits per heavy atom. The third-order valence-electron chi connectivity index (χ3n) is 3.64. The van der Waals surface area contributed by atoms with Crippen molar-refractivity contribution in [2.24, 2.45) is 5.14 Å². The van der Waals surface area contributed by atoms with Gasteiger partial charge >= 0.3 is 0 Å². The normalized spacial score (nSPS) is 12.1. The molecule has 2 aromatic heterocycles. The lowest BCUT2D eigenvalue weighted by molar-refractivity contribution is 0.384. The number of nitrogens with zero attached hydrogens (tertiary/aromatic N) is 4. The van der Waals surface area contributed by atoms with E-state index in [4.69, 9.17) is 9.66 Å². The van der Waals surface area contributed by atoms with E-state index in [9.17, 15) is 8.42 Å². The van der Waals surface area contributed by atoms with Crippen LogP contribution in [0.25, 0.3) is 11.0 Å². The number of hydrogen-bond acceptors (Lipinski definition) is 7. The molecule has 134 valence electrons. The molecule has 0 fully saturated rings. The Labute approximate surface area is 149 Å². The minimum absolute atomic E-state index is 0.0541. The van der Waals surface area contributed by atoms with Crippen molar-refractivity contribution in [3.63, 3.8) is 0 Å². The molecule has 0 bridgehead atoms. The van der Waals surface area contributed by atoms with E-state index in [1.165, 1.54) is 23.9 Å². The van der Waals surface area contributed by atoms with E-state index in [-0.39, 0.29) is 4.90 Å². The molecule has 0 spiro atoms. The van der Waals surface area contributed by atoms with Gasteiger partial charge in [0.15, 0.2) is 11.0 Å². The van der Waals surface area contributed by atoms with Gasteiger partial charge in [-0.1, -0.05) is 23.8 Å². The standard InChI is InChI=1S/C15H19N5O3S2/c1-3-5-13-18-14(23-19-13)9-24-15-17-11-8-10(25(16,21)22)6-7-12(11)20(15)4-2/h6-8H,3-5,9H2,1-2H3,(H2,16,21,22). The molecule has 0 saturated heterocycles. The maximum atomic E-state index is 11.5. The number of fused-ring (bicyclic) bond motifs is 1. The van der Waals surface area contributed by atoms with E-state index in [0.717, 1.165) is 23.5 Å². The molecule has 8 nitrogen and oxygen atoms in total. The molecule has 0 aliphatic carbocycles. The van der Waals surface area contributed by atoms with Crippen molar-refractivity contribution in [1.82, 2.24) is 19.7 Å². The van der Waals surface area contributed by atoms with Crippen LogP contribution >= 0.6 is 11.8 Å². The molecule has 10 heteroatoms. The van der Waals surface area contributed by atoms with Crippen LogP contribution in [-0.2, 0) is 28.7 Å². The van der Waals surface area contributed by atoms with E-state index >= 15 is 0 Å². The van der Waals surface area contributed by atoms with Crippen LogP contribution in [-0.4, -0.2) is 28.1 Å². The van der Waals surface area contributed by atoms with Crippen LogP contribution in [0.3, 0.4) is 0 Å². The van der Waals surface area contributed by atoms with E-state index in [1.54, 1.807) is 6.07 Å². The van der Waals surface area contributed by atoms with Gasteiger partial charge in [-0.2, -0.15) is 4.98 Å². The summed E-state index contributed by atoms with van der Waals surface area (Å²) < 4.78 is 30.3. The minimum atomic E-state index is -3.75. The van der Waals surface area contributed by atoms with Crippen molar-refractivity contribution in [1.29, 1.82) is 0 Å². The van der Waals surface area contributed by atoms with Gasteiger partial charge < -0.3 is 9.09 Å². The molecule has 2 heterocycles. The highest BCUT2D eigenvalue weighted by atomic mass is 32.2. The number of rotatable bonds is 7. The van der Waals surface area contributed by atoms with Crippen LogP contribution in [0, 0.1) is 0 Å². The summed E-state index contributed by atoms with van der Waals surface area (Å²) in [5.74, 6) is 1.76. The zero-order valence-electron chi connectivity index (χ0n) is 14.0. The number of benzene rings is 1. The predicted octanol–water partition coefficient (Wildman–Crippen LogP) is 2.33. The van der Waals surface area contributed by atoms with Gasteiger partial charge in [0.2, 0.25) is 15.9 Å². The van der Waals surface area contributed by atoms with Gasteiger partial charge in [-0.25, -0.2) is 18.5 Å². The van der Waals surface area contributed by atoms with E-state index < -0.39 is 10.0 Å². The largest absolute Gasteiger partial charge is 0.338 e. The summed E-state index contributed by atoms with van der Waals surface area (Å²) in [5.41, 5.74) is 1.45. The quantitative estimate of drug-likeness (QED) is 0.624. The second kappa shape index (κ2) is 7.14. The van der Waals surface area contributed by atoms with Crippen molar-refractivity contribution in [2.75, 3.05) is 0 Å². The van der Waals surface area contributed by atoms with Crippen molar-refractivity contribution in [3.05, 3.63) is 29.9 Å². The van der Waals surface area contributed by atoms with Gasteiger partial charge in [0.25, 0.3) is 0 Å². The monoisotopic (exact) mass is 381 g/mol. The molecule has 2 N–H and O–H groups in total. The molecule has 3 aromatic rings. The SMILES string of the molecule is CCCc1noc(CSc2nc3cc(S(N)(=O)=O)ccc3n2CC)n1. The van der Waals surface area contributed by atoms with Gasteiger partial charge in [-0.05, 0) is 31.5 Å². The summed E-state index contributed by atoms with van der Waals surface area (Å²) in [4.78, 5) is 8.93. The fraction of sp³-hybridized carbons (Fsp3) is 0.400. The van der Waals surface area contributed by atoms with E-state index in [0.29, 0.717) is 29.5 Å². The van der Waals surface area contributed by atoms with E-state index in [1.807, 2.05) is 11.5 Å². The number of aromatic nitrogens is 4. The Bertz CT molecular complexity index is 994. The molecule has 0 aliphatic heterocycles. The average Bonchev–Trinajstić information content (AvgIpc) is 3.15. The van der Waals surface area contributed by atoms with Gasteiger partial charge in [0.05, 0.1) is 21.7 Å². The zero-order valence-corrected chi connectivity index (χ0v) is 15.6. The Morgan fingerprint density at radius 2 is 2.08 bits per heavy atom. The van der Waals surface area contributed by atoms with Crippen LogP contribution < -0.4 is 5.14 Å². The predicted molar refractivity (Wildman–Crippen MR) is 94.6 cm³/mol. The molecule has 0 unspecified atom stereocenters. The number of aryl methyl sites for hydroxylation is 2.